The Morgan fingerprint density at radius 1 is 1.27 bits per heavy atom. The number of benzene rings is 1. The van der Waals surface area contributed by atoms with Crippen molar-refractivity contribution in [3.63, 3.8) is 0 Å². The third-order valence-electron chi connectivity index (χ3n) is 6.56. The van der Waals surface area contributed by atoms with Gasteiger partial charge in [-0.3, -0.25) is 14.9 Å². The predicted molar refractivity (Wildman–Crippen MR) is 128 cm³/mol. The summed E-state index contributed by atoms with van der Waals surface area (Å²) >= 11 is 1.38. The number of methoxy groups -OCH3 is 1. The molecule has 0 saturated heterocycles. The summed E-state index contributed by atoms with van der Waals surface area (Å²) in [7, 11) is 1.64. The number of nitrogens with one attached hydrogen (secondary N) is 1. The van der Waals surface area contributed by atoms with Gasteiger partial charge in [0.1, 0.15) is 15.9 Å². The Morgan fingerprint density at radius 3 is 2.76 bits per heavy atom. The topological polar surface area (TPSA) is 97.6 Å². The Labute approximate surface area is 195 Å². The summed E-state index contributed by atoms with van der Waals surface area (Å²) in [6.45, 7) is 2.32. The van der Waals surface area contributed by atoms with Gasteiger partial charge in [0.05, 0.1) is 22.8 Å². The number of carbonyl (C=O) groups is 1. The Morgan fingerprint density at radius 2 is 2.03 bits per heavy atom. The lowest BCUT2D eigenvalue weighted by Crippen LogP contribution is -2.49. The number of nitro benzene ring substituents is 1. The van der Waals surface area contributed by atoms with Gasteiger partial charge in [0, 0.05) is 30.3 Å². The zero-order valence-corrected chi connectivity index (χ0v) is 19.5. The van der Waals surface area contributed by atoms with Crippen molar-refractivity contribution in [1.29, 1.82) is 0 Å². The molecule has 1 fully saturated rings. The van der Waals surface area contributed by atoms with Crippen molar-refractivity contribution in [2.45, 2.75) is 57.8 Å². The van der Waals surface area contributed by atoms with Crippen molar-refractivity contribution in [1.82, 2.24) is 9.88 Å². The van der Waals surface area contributed by atoms with Gasteiger partial charge >= 0.3 is 0 Å². The maximum Gasteiger partial charge on any atom is 0.276 e. The second-order valence-corrected chi connectivity index (χ2v) is 9.71. The summed E-state index contributed by atoms with van der Waals surface area (Å²) in [6, 6.07) is 8.70. The van der Waals surface area contributed by atoms with Crippen LogP contribution in [0.1, 0.15) is 64.8 Å². The van der Waals surface area contributed by atoms with Crippen LogP contribution in [0.2, 0.25) is 0 Å². The molecule has 3 heterocycles. The van der Waals surface area contributed by atoms with E-state index in [-0.39, 0.29) is 22.6 Å². The Hall–Kier alpha value is -3.04. The molecule has 1 aromatic carbocycles. The quantitative estimate of drug-likeness (QED) is 0.391. The molecule has 1 unspecified atom stereocenters. The van der Waals surface area contributed by atoms with E-state index in [2.05, 4.69) is 10.3 Å². The summed E-state index contributed by atoms with van der Waals surface area (Å²) in [5, 5.41) is 16.3. The van der Waals surface area contributed by atoms with Crippen LogP contribution in [0.3, 0.4) is 0 Å². The normalized spacial score (nSPS) is 18.9. The number of rotatable bonds is 5. The van der Waals surface area contributed by atoms with E-state index < -0.39 is 6.17 Å². The molecule has 8 nitrogen and oxygen atoms in total. The zero-order valence-electron chi connectivity index (χ0n) is 18.7. The number of nitrogens with zero attached hydrogens (tertiary/aromatic N) is 3. The largest absolute Gasteiger partial charge is 0.380 e. The Kier molecular flexibility index (Phi) is 5.76. The maximum absolute atomic E-state index is 14.0. The molecule has 0 spiro atoms. The van der Waals surface area contributed by atoms with Gasteiger partial charge in [-0.2, -0.15) is 0 Å². The van der Waals surface area contributed by atoms with Gasteiger partial charge in [0.2, 0.25) is 0 Å². The van der Waals surface area contributed by atoms with E-state index in [1.54, 1.807) is 25.3 Å². The number of thiophene rings is 1. The van der Waals surface area contributed by atoms with Crippen molar-refractivity contribution in [3.05, 3.63) is 62.1 Å². The standard InChI is InChI=1S/C24H26N4O4S/c1-14-12-15(13-32-2)19-20-21(33-23(19)25-14)24(29)27(16-8-4-3-5-9-16)22(26-20)17-10-6-7-11-18(17)28(30)31/h6-7,10-12,16,22,26H,3-5,8-9,13H2,1-2H3. The Balaban J connectivity index is 1.71. The van der Waals surface area contributed by atoms with Crippen molar-refractivity contribution >= 4 is 38.8 Å². The molecule has 1 N–H and O–H groups in total. The second kappa shape index (κ2) is 8.72. The molecule has 1 saturated carbocycles. The molecule has 2 aliphatic rings. The fourth-order valence-corrected chi connectivity index (χ4v) is 6.33. The fourth-order valence-electron chi connectivity index (χ4n) is 5.16. The molecule has 1 aliphatic carbocycles. The van der Waals surface area contributed by atoms with E-state index in [1.807, 2.05) is 17.9 Å². The molecule has 1 atom stereocenters. The molecule has 0 radical (unpaired) electrons. The first kappa shape index (κ1) is 21.8. The van der Waals surface area contributed by atoms with Crippen LogP contribution in [0.4, 0.5) is 11.4 Å². The van der Waals surface area contributed by atoms with Crippen LogP contribution >= 0.6 is 11.3 Å². The van der Waals surface area contributed by atoms with Crippen LogP contribution in [0.25, 0.3) is 10.2 Å². The molecule has 1 aliphatic heterocycles. The van der Waals surface area contributed by atoms with Gasteiger partial charge in [-0.25, -0.2) is 4.98 Å². The summed E-state index contributed by atoms with van der Waals surface area (Å²) in [6.07, 6.45) is 4.43. The molecule has 9 heteroatoms. The van der Waals surface area contributed by atoms with E-state index in [0.717, 1.165) is 53.6 Å². The first-order valence-corrected chi connectivity index (χ1v) is 12.1. The number of hydrogen-bond acceptors (Lipinski definition) is 7. The van der Waals surface area contributed by atoms with Gasteiger partial charge < -0.3 is 15.0 Å². The molecular weight excluding hydrogens is 440 g/mol. The van der Waals surface area contributed by atoms with Gasteiger partial charge in [-0.1, -0.05) is 31.4 Å². The minimum atomic E-state index is -0.621. The third kappa shape index (κ3) is 3.75. The first-order chi connectivity index (χ1) is 16.0. The van der Waals surface area contributed by atoms with Crippen LogP contribution in [-0.4, -0.2) is 33.9 Å². The van der Waals surface area contributed by atoms with E-state index in [1.165, 1.54) is 17.4 Å². The van der Waals surface area contributed by atoms with Crippen LogP contribution in [0.15, 0.2) is 30.3 Å². The molecular formula is C24H26N4O4S. The molecule has 172 valence electrons. The molecule has 2 aromatic heterocycles. The van der Waals surface area contributed by atoms with E-state index in [4.69, 9.17) is 4.74 Å². The number of amides is 1. The van der Waals surface area contributed by atoms with E-state index in [9.17, 15) is 14.9 Å². The number of anilines is 1. The average Bonchev–Trinajstić information content (AvgIpc) is 3.18. The van der Waals surface area contributed by atoms with Crippen molar-refractivity contribution < 1.29 is 14.5 Å². The van der Waals surface area contributed by atoms with E-state index >= 15 is 0 Å². The molecule has 3 aromatic rings. The summed E-state index contributed by atoms with van der Waals surface area (Å²) < 4.78 is 5.42. The number of aromatic nitrogens is 1. The highest BCUT2D eigenvalue weighted by Crippen LogP contribution is 2.47. The molecule has 1 amide bonds. The zero-order chi connectivity index (χ0) is 23.1. The number of ether oxygens (including phenoxy) is 1. The maximum atomic E-state index is 14.0. The number of carbonyl (C=O) groups excluding carboxylic acids is 1. The fraction of sp³-hybridized carbons (Fsp3) is 0.417. The number of nitro groups is 1. The first-order valence-electron chi connectivity index (χ1n) is 11.2. The molecule has 0 bridgehead atoms. The van der Waals surface area contributed by atoms with Gasteiger partial charge in [0.25, 0.3) is 11.6 Å². The average molecular weight is 467 g/mol. The number of pyridine rings is 1. The van der Waals surface area contributed by atoms with Crippen LogP contribution in [0, 0.1) is 17.0 Å². The van der Waals surface area contributed by atoms with Gasteiger partial charge in [-0.15, -0.1) is 11.3 Å². The number of para-hydroxylation sites is 1. The van der Waals surface area contributed by atoms with Gasteiger partial charge in [-0.05, 0) is 37.5 Å². The lowest BCUT2D eigenvalue weighted by Gasteiger charge is -2.43. The number of fused-ring (bicyclic) bond motifs is 3. The van der Waals surface area contributed by atoms with Crippen molar-refractivity contribution in [2.75, 3.05) is 12.4 Å². The predicted octanol–water partition coefficient (Wildman–Crippen LogP) is 5.56. The molecule has 33 heavy (non-hydrogen) atoms. The Bertz CT molecular complexity index is 1230. The highest BCUT2D eigenvalue weighted by Gasteiger charge is 2.42. The molecule has 5 rings (SSSR count). The number of aryl methyl sites for hydroxylation is 1. The summed E-state index contributed by atoms with van der Waals surface area (Å²) in [5.74, 6) is -0.0807. The lowest BCUT2D eigenvalue weighted by atomic mass is 9.91. The van der Waals surface area contributed by atoms with Crippen LogP contribution in [-0.2, 0) is 11.3 Å². The summed E-state index contributed by atoms with van der Waals surface area (Å²) in [5.41, 5.74) is 3.03. The highest BCUT2D eigenvalue weighted by molar-refractivity contribution is 7.21. The van der Waals surface area contributed by atoms with Crippen molar-refractivity contribution in [3.8, 4) is 0 Å². The number of hydrogen-bond donors (Lipinski definition) is 1. The van der Waals surface area contributed by atoms with E-state index in [0.29, 0.717) is 22.7 Å². The van der Waals surface area contributed by atoms with Gasteiger partial charge in [0.15, 0.2) is 0 Å². The lowest BCUT2D eigenvalue weighted by molar-refractivity contribution is -0.385. The van der Waals surface area contributed by atoms with Crippen LogP contribution < -0.4 is 5.32 Å². The monoisotopic (exact) mass is 466 g/mol. The third-order valence-corrected chi connectivity index (χ3v) is 7.63. The van der Waals surface area contributed by atoms with Crippen molar-refractivity contribution in [2.24, 2.45) is 0 Å². The summed E-state index contributed by atoms with van der Waals surface area (Å²) in [4.78, 5) is 33.4. The second-order valence-electron chi connectivity index (χ2n) is 8.71. The highest BCUT2D eigenvalue weighted by atomic mass is 32.1. The SMILES string of the molecule is COCc1cc(C)nc2sc3c(c12)NC(c1ccccc1[N+](=O)[O-])N(C1CCCCC1)C3=O. The smallest absolute Gasteiger partial charge is 0.276 e. The minimum absolute atomic E-state index is 0.0117. The minimum Gasteiger partial charge on any atom is -0.380 e. The van der Waals surface area contributed by atoms with Crippen LogP contribution in [0.5, 0.6) is 0 Å².